The van der Waals surface area contributed by atoms with E-state index in [0.29, 0.717) is 0 Å². The highest BCUT2D eigenvalue weighted by Gasteiger charge is 2.33. The number of ether oxygens (including phenoxy) is 1. The summed E-state index contributed by atoms with van der Waals surface area (Å²) in [5.74, 6) is -4.64. The van der Waals surface area contributed by atoms with E-state index in [2.05, 4.69) is 0 Å². The molecule has 0 saturated heterocycles. The number of phenols is 2. The van der Waals surface area contributed by atoms with Crippen LogP contribution in [0.5, 0.6) is 11.5 Å². The summed E-state index contributed by atoms with van der Waals surface area (Å²) in [6.45, 7) is 1.18. The van der Waals surface area contributed by atoms with Crippen molar-refractivity contribution < 1.29 is 34.4 Å². The van der Waals surface area contributed by atoms with Crippen LogP contribution in [-0.4, -0.2) is 32.2 Å². The average molecular weight is 308 g/mol. The minimum absolute atomic E-state index is 0.0846. The van der Waals surface area contributed by atoms with E-state index in [9.17, 15) is 30.0 Å². The first kappa shape index (κ1) is 14.4. The molecule has 0 fully saturated rings. The van der Waals surface area contributed by atoms with E-state index in [1.54, 1.807) is 0 Å². The van der Waals surface area contributed by atoms with Gasteiger partial charge in [-0.1, -0.05) is 0 Å². The van der Waals surface area contributed by atoms with Crippen molar-refractivity contribution in [3.63, 3.8) is 0 Å². The van der Waals surface area contributed by atoms with Gasteiger partial charge in [-0.3, -0.25) is 4.79 Å². The van der Waals surface area contributed by atoms with Crippen molar-refractivity contribution in [2.24, 2.45) is 0 Å². The van der Waals surface area contributed by atoms with Crippen LogP contribution in [0.3, 0.4) is 0 Å². The number of carboxylic acid groups (broad SMARTS) is 1. The van der Waals surface area contributed by atoms with Crippen LogP contribution < -0.4 is 5.43 Å². The Balaban J connectivity index is 2.43. The van der Waals surface area contributed by atoms with Gasteiger partial charge in [0.25, 0.3) is 0 Å². The van der Waals surface area contributed by atoms with Gasteiger partial charge in [0.05, 0.1) is 24.0 Å². The highest BCUT2D eigenvalue weighted by molar-refractivity contribution is 6.04. The molecule has 0 spiro atoms. The van der Waals surface area contributed by atoms with Gasteiger partial charge >= 0.3 is 5.97 Å². The third-order valence-electron chi connectivity index (χ3n) is 3.54. The van der Waals surface area contributed by atoms with Gasteiger partial charge in [0, 0.05) is 0 Å². The van der Waals surface area contributed by atoms with E-state index >= 15 is 0 Å². The summed E-state index contributed by atoms with van der Waals surface area (Å²) in [6.07, 6.45) is -0.145. The van der Waals surface area contributed by atoms with Gasteiger partial charge in [0.2, 0.25) is 0 Å². The average Bonchev–Trinajstić information content (AvgIpc) is 2.40. The van der Waals surface area contributed by atoms with Crippen molar-refractivity contribution >= 4 is 16.9 Å². The fraction of sp³-hybridized carbons (Fsp3) is 0.286. The zero-order valence-corrected chi connectivity index (χ0v) is 11.4. The smallest absolute Gasteiger partial charge is 0.343 e. The van der Waals surface area contributed by atoms with Gasteiger partial charge in [-0.15, -0.1) is 0 Å². The van der Waals surface area contributed by atoms with Crippen molar-refractivity contribution in [2.75, 3.05) is 0 Å². The molecule has 0 amide bonds. The molecule has 116 valence electrons. The highest BCUT2D eigenvalue weighted by atomic mass is 16.6. The van der Waals surface area contributed by atoms with Gasteiger partial charge < -0.3 is 29.6 Å². The second-order valence-corrected chi connectivity index (χ2v) is 5.27. The number of carbonyl (C=O) groups is 1. The molecule has 0 saturated carbocycles. The summed E-state index contributed by atoms with van der Waals surface area (Å²) in [4.78, 5) is 23.7. The Morgan fingerprint density at radius 1 is 1.36 bits per heavy atom. The molecular formula is C14H12O8. The molecule has 8 nitrogen and oxygen atoms in total. The van der Waals surface area contributed by atoms with E-state index in [4.69, 9.17) is 9.15 Å². The number of hydrogen-bond acceptors (Lipinski definition) is 7. The van der Waals surface area contributed by atoms with Crippen molar-refractivity contribution in [1.82, 2.24) is 0 Å². The number of aromatic hydroxyl groups is 2. The van der Waals surface area contributed by atoms with E-state index in [0.717, 1.165) is 6.07 Å². The Morgan fingerprint density at radius 2 is 2.05 bits per heavy atom. The van der Waals surface area contributed by atoms with Crippen LogP contribution in [0.2, 0.25) is 0 Å². The number of fused-ring (bicyclic) bond motifs is 2. The molecule has 1 atom stereocenters. The summed E-state index contributed by atoms with van der Waals surface area (Å²) in [6, 6.07) is 0.940. The Bertz CT molecular complexity index is 861. The minimum Gasteiger partial charge on any atom is -0.504 e. The van der Waals surface area contributed by atoms with Crippen LogP contribution >= 0.6 is 0 Å². The van der Waals surface area contributed by atoms with E-state index in [1.165, 1.54) is 6.92 Å². The fourth-order valence-corrected chi connectivity index (χ4v) is 2.45. The summed E-state index contributed by atoms with van der Waals surface area (Å²) in [7, 11) is 0. The lowest BCUT2D eigenvalue weighted by Gasteiger charge is -2.28. The van der Waals surface area contributed by atoms with Gasteiger partial charge in [0.15, 0.2) is 28.3 Å². The minimum atomic E-state index is -1.56. The summed E-state index contributed by atoms with van der Waals surface area (Å²) in [5.41, 5.74) is -1.50. The second-order valence-electron chi connectivity index (χ2n) is 5.27. The lowest BCUT2D eigenvalue weighted by molar-refractivity contribution is -0.207. The topological polar surface area (TPSA) is 137 Å². The molecule has 2 heterocycles. The molecule has 1 aliphatic rings. The number of carboxylic acids is 1. The molecule has 1 aliphatic heterocycles. The van der Waals surface area contributed by atoms with Crippen LogP contribution in [0.1, 0.15) is 28.6 Å². The fourth-order valence-electron chi connectivity index (χ4n) is 2.45. The molecule has 0 radical (unpaired) electrons. The van der Waals surface area contributed by atoms with E-state index in [1.807, 2.05) is 0 Å². The lowest BCUT2D eigenvalue weighted by atomic mass is 10.0. The summed E-state index contributed by atoms with van der Waals surface area (Å²) < 4.78 is 10.6. The van der Waals surface area contributed by atoms with Crippen LogP contribution in [0.25, 0.3) is 11.0 Å². The molecule has 2 aromatic rings. The molecule has 0 unspecified atom stereocenters. The third-order valence-corrected chi connectivity index (χ3v) is 3.54. The predicted octanol–water partition coefficient (Wildman–Crippen LogP) is 0.684. The zero-order valence-electron chi connectivity index (χ0n) is 11.4. The van der Waals surface area contributed by atoms with Crippen molar-refractivity contribution in [3.8, 4) is 11.5 Å². The largest absolute Gasteiger partial charge is 0.504 e. The summed E-state index contributed by atoms with van der Waals surface area (Å²) >= 11 is 0. The maximum absolute atomic E-state index is 12.4. The van der Waals surface area contributed by atoms with Crippen LogP contribution in [-0.2, 0) is 17.8 Å². The molecule has 4 N–H and O–H groups in total. The van der Waals surface area contributed by atoms with Gasteiger partial charge in [0.1, 0.15) is 11.3 Å². The first-order valence-electron chi connectivity index (χ1n) is 6.34. The quantitative estimate of drug-likeness (QED) is 0.564. The molecule has 3 rings (SSSR count). The maximum atomic E-state index is 12.4. The molecule has 1 aromatic carbocycles. The first-order chi connectivity index (χ1) is 10.2. The SMILES string of the molecule is C[C@]1(O)Cc2oc3c(C(=O)O)c(O)c(O)cc3c(=O)c2CO1. The predicted molar refractivity (Wildman–Crippen MR) is 71.9 cm³/mol. The number of benzene rings is 1. The van der Waals surface area contributed by atoms with Crippen LogP contribution in [0, 0.1) is 0 Å². The zero-order chi connectivity index (χ0) is 16.2. The number of rotatable bonds is 1. The van der Waals surface area contributed by atoms with Crippen LogP contribution in [0.4, 0.5) is 0 Å². The molecule has 8 heteroatoms. The number of aromatic carboxylic acids is 1. The number of phenolic OH excluding ortho intramolecular Hbond substituents is 1. The Kier molecular flexibility index (Phi) is 2.91. The maximum Gasteiger partial charge on any atom is 0.343 e. The van der Waals surface area contributed by atoms with Gasteiger partial charge in [-0.05, 0) is 13.0 Å². The van der Waals surface area contributed by atoms with E-state index < -0.39 is 34.2 Å². The van der Waals surface area contributed by atoms with Crippen LogP contribution in [0.15, 0.2) is 15.3 Å². The van der Waals surface area contributed by atoms with Crippen molar-refractivity contribution in [2.45, 2.75) is 25.7 Å². The monoisotopic (exact) mass is 308 g/mol. The number of hydrogen-bond donors (Lipinski definition) is 4. The molecular weight excluding hydrogens is 296 g/mol. The first-order valence-corrected chi connectivity index (χ1v) is 6.34. The van der Waals surface area contributed by atoms with Gasteiger partial charge in [-0.2, -0.15) is 0 Å². The van der Waals surface area contributed by atoms with Crippen molar-refractivity contribution in [1.29, 1.82) is 0 Å². The number of aliphatic hydroxyl groups is 1. The Hall–Kier alpha value is -2.58. The summed E-state index contributed by atoms with van der Waals surface area (Å²) in [5, 5.41) is 38.2. The molecule has 0 aliphatic carbocycles. The van der Waals surface area contributed by atoms with Gasteiger partial charge in [-0.25, -0.2) is 4.79 Å². The van der Waals surface area contributed by atoms with E-state index in [-0.39, 0.29) is 35.3 Å². The molecule has 22 heavy (non-hydrogen) atoms. The highest BCUT2D eigenvalue weighted by Crippen LogP contribution is 2.37. The third kappa shape index (κ3) is 2.00. The normalized spacial score (nSPS) is 20.8. The Morgan fingerprint density at radius 3 is 2.68 bits per heavy atom. The second kappa shape index (κ2) is 4.46. The molecule has 1 aromatic heterocycles. The lowest BCUT2D eigenvalue weighted by Crippen LogP contribution is -2.37. The standard InChI is InChI=1S/C14H12O8/c1-14(20)3-8-6(4-21-14)10(16)5-2-7(15)11(17)9(13(18)19)12(5)22-8/h2,15,17,20H,3-4H2,1H3,(H,18,19)/t14-/m1/s1. The van der Waals surface area contributed by atoms with Crippen molar-refractivity contribution in [3.05, 3.63) is 33.2 Å². The molecule has 0 bridgehead atoms. The Labute approximate surface area is 122 Å².